The van der Waals surface area contributed by atoms with E-state index in [-0.39, 0.29) is 12.2 Å². The van der Waals surface area contributed by atoms with Crippen molar-refractivity contribution in [3.05, 3.63) is 33.4 Å². The second-order valence-corrected chi connectivity index (χ2v) is 4.60. The number of esters is 2. The molecule has 0 spiro atoms. The van der Waals surface area contributed by atoms with Crippen LogP contribution < -0.4 is 5.63 Å². The third-order valence-electron chi connectivity index (χ3n) is 3.13. The minimum Gasteiger partial charge on any atom is -0.469 e. The average molecular weight is 296 g/mol. The molecule has 0 N–H and O–H groups in total. The van der Waals surface area contributed by atoms with Crippen LogP contribution in [0.15, 0.2) is 15.3 Å². The first-order chi connectivity index (χ1) is 10.0. The van der Waals surface area contributed by atoms with E-state index in [1.54, 1.807) is 0 Å². The lowest BCUT2D eigenvalue weighted by Gasteiger charge is -2.11. The molecule has 1 aromatic rings. The van der Waals surface area contributed by atoms with E-state index < -0.39 is 17.6 Å². The zero-order chi connectivity index (χ0) is 15.8. The Balaban J connectivity index is 3.24. The Kier molecular flexibility index (Phi) is 6.65. The van der Waals surface area contributed by atoms with Crippen LogP contribution in [0.3, 0.4) is 0 Å². The minimum atomic E-state index is -0.775. The molecule has 0 aliphatic rings. The van der Waals surface area contributed by atoms with Crippen LogP contribution in [-0.4, -0.2) is 26.2 Å². The van der Waals surface area contributed by atoms with Crippen LogP contribution in [0.25, 0.3) is 0 Å². The molecule has 6 nitrogen and oxygen atoms in total. The van der Waals surface area contributed by atoms with Gasteiger partial charge < -0.3 is 13.9 Å². The summed E-state index contributed by atoms with van der Waals surface area (Å²) in [6.07, 6.45) is 3.33. The summed E-state index contributed by atoms with van der Waals surface area (Å²) in [5.41, 5.74) is 0.366. The Morgan fingerprint density at radius 2 is 1.90 bits per heavy atom. The second kappa shape index (κ2) is 8.24. The number of carbonyl (C=O) groups excluding carboxylic acids is 2. The highest BCUT2D eigenvalue weighted by Gasteiger charge is 2.22. The summed E-state index contributed by atoms with van der Waals surface area (Å²) in [7, 11) is 2.45. The van der Waals surface area contributed by atoms with E-state index in [9.17, 15) is 14.4 Å². The van der Waals surface area contributed by atoms with Gasteiger partial charge in [0.05, 0.1) is 20.6 Å². The van der Waals surface area contributed by atoms with Crippen LogP contribution in [-0.2, 0) is 27.1 Å². The normalized spacial score (nSPS) is 10.2. The molecule has 1 heterocycles. The molecule has 1 aromatic heterocycles. The standard InChI is InChI=1S/C15H20O6/c1-4-5-6-7-10-8-13(17)21-14(15(18)20-3)11(10)9-12(16)19-2/h8H,4-7,9H2,1-3H3. The quantitative estimate of drug-likeness (QED) is 0.564. The van der Waals surface area contributed by atoms with E-state index in [0.717, 1.165) is 19.3 Å². The van der Waals surface area contributed by atoms with Crippen molar-refractivity contribution in [2.24, 2.45) is 0 Å². The average Bonchev–Trinajstić information content (AvgIpc) is 2.48. The number of ether oxygens (including phenoxy) is 2. The van der Waals surface area contributed by atoms with Gasteiger partial charge in [-0.2, -0.15) is 0 Å². The number of methoxy groups -OCH3 is 2. The molecule has 0 aromatic carbocycles. The predicted molar refractivity (Wildman–Crippen MR) is 75.3 cm³/mol. The summed E-state index contributed by atoms with van der Waals surface area (Å²) in [4.78, 5) is 34.8. The molecule has 6 heteroatoms. The maximum absolute atomic E-state index is 11.7. The van der Waals surface area contributed by atoms with Crippen LogP contribution in [0, 0.1) is 0 Å². The first-order valence-electron chi connectivity index (χ1n) is 6.84. The molecule has 0 atom stereocenters. The minimum absolute atomic E-state index is 0.133. The van der Waals surface area contributed by atoms with Crippen molar-refractivity contribution in [2.75, 3.05) is 14.2 Å². The van der Waals surface area contributed by atoms with Gasteiger partial charge >= 0.3 is 17.6 Å². The van der Waals surface area contributed by atoms with Crippen molar-refractivity contribution in [1.29, 1.82) is 0 Å². The Morgan fingerprint density at radius 3 is 2.48 bits per heavy atom. The third kappa shape index (κ3) is 4.73. The molecule has 0 bridgehead atoms. The van der Waals surface area contributed by atoms with Gasteiger partial charge in [-0.1, -0.05) is 19.8 Å². The fourth-order valence-electron chi connectivity index (χ4n) is 2.02. The third-order valence-corrected chi connectivity index (χ3v) is 3.13. The summed E-state index contributed by atoms with van der Waals surface area (Å²) in [5.74, 6) is -1.50. The molecular weight excluding hydrogens is 276 g/mol. The fraction of sp³-hybridized carbons (Fsp3) is 0.533. The van der Waals surface area contributed by atoms with Gasteiger partial charge in [-0.3, -0.25) is 4.79 Å². The van der Waals surface area contributed by atoms with Gasteiger partial charge in [-0.05, 0) is 18.4 Å². The van der Waals surface area contributed by atoms with Gasteiger partial charge in [0, 0.05) is 11.6 Å². The number of aryl methyl sites for hydroxylation is 1. The van der Waals surface area contributed by atoms with Crippen LogP contribution in [0.4, 0.5) is 0 Å². The highest BCUT2D eigenvalue weighted by molar-refractivity contribution is 5.89. The second-order valence-electron chi connectivity index (χ2n) is 4.60. The number of unbranched alkanes of at least 4 members (excludes halogenated alkanes) is 2. The molecule has 0 aliphatic carbocycles. The predicted octanol–water partition coefficient (Wildman–Crippen LogP) is 1.87. The van der Waals surface area contributed by atoms with E-state index >= 15 is 0 Å². The molecule has 0 unspecified atom stereocenters. The number of hydrogen-bond acceptors (Lipinski definition) is 6. The fourth-order valence-corrected chi connectivity index (χ4v) is 2.02. The first kappa shape index (κ1) is 16.9. The summed E-state index contributed by atoms with van der Waals surface area (Å²) in [6, 6.07) is 1.32. The van der Waals surface area contributed by atoms with E-state index in [1.165, 1.54) is 20.3 Å². The lowest BCUT2D eigenvalue weighted by molar-refractivity contribution is -0.139. The molecule has 116 valence electrons. The zero-order valence-electron chi connectivity index (χ0n) is 12.6. The van der Waals surface area contributed by atoms with Gasteiger partial charge in [0.25, 0.3) is 0 Å². The van der Waals surface area contributed by atoms with Crippen molar-refractivity contribution in [2.45, 2.75) is 39.0 Å². The van der Waals surface area contributed by atoms with Gasteiger partial charge in [-0.15, -0.1) is 0 Å². The largest absolute Gasteiger partial charge is 0.469 e. The molecule has 1 rings (SSSR count). The van der Waals surface area contributed by atoms with Gasteiger partial charge in [-0.25, -0.2) is 9.59 Å². The Hall–Kier alpha value is -2.11. The van der Waals surface area contributed by atoms with Crippen LogP contribution in [0.2, 0.25) is 0 Å². The molecule has 0 aliphatic heterocycles. The van der Waals surface area contributed by atoms with Crippen molar-refractivity contribution in [3.8, 4) is 0 Å². The molecule has 0 amide bonds. The Bertz CT molecular complexity index is 558. The van der Waals surface area contributed by atoms with Crippen molar-refractivity contribution in [1.82, 2.24) is 0 Å². The van der Waals surface area contributed by atoms with Gasteiger partial charge in [0.2, 0.25) is 5.76 Å². The molecule has 0 saturated carbocycles. The summed E-state index contributed by atoms with van der Waals surface area (Å²) in [5, 5.41) is 0. The summed E-state index contributed by atoms with van der Waals surface area (Å²) >= 11 is 0. The van der Waals surface area contributed by atoms with E-state index in [2.05, 4.69) is 16.4 Å². The van der Waals surface area contributed by atoms with Crippen LogP contribution in [0.5, 0.6) is 0 Å². The lowest BCUT2D eigenvalue weighted by Crippen LogP contribution is -2.17. The van der Waals surface area contributed by atoms with Crippen molar-refractivity contribution >= 4 is 11.9 Å². The maximum Gasteiger partial charge on any atom is 0.374 e. The number of carbonyl (C=O) groups is 2. The Morgan fingerprint density at radius 1 is 1.19 bits per heavy atom. The SMILES string of the molecule is CCCCCc1cc(=O)oc(C(=O)OC)c1CC(=O)OC. The van der Waals surface area contributed by atoms with Crippen LogP contribution in [0.1, 0.15) is 47.9 Å². The van der Waals surface area contributed by atoms with Crippen molar-refractivity contribution < 1.29 is 23.5 Å². The van der Waals surface area contributed by atoms with E-state index in [0.29, 0.717) is 17.5 Å². The maximum atomic E-state index is 11.7. The number of hydrogen-bond donors (Lipinski definition) is 0. The van der Waals surface area contributed by atoms with Gasteiger partial charge in [0.1, 0.15) is 0 Å². The van der Waals surface area contributed by atoms with Crippen LogP contribution >= 0.6 is 0 Å². The molecule has 0 fully saturated rings. The highest BCUT2D eigenvalue weighted by atomic mass is 16.5. The summed E-state index contributed by atoms with van der Waals surface area (Å²) < 4.78 is 14.1. The monoisotopic (exact) mass is 296 g/mol. The topological polar surface area (TPSA) is 82.8 Å². The van der Waals surface area contributed by atoms with E-state index in [1.807, 2.05) is 0 Å². The highest BCUT2D eigenvalue weighted by Crippen LogP contribution is 2.18. The molecule has 0 radical (unpaired) electrons. The lowest BCUT2D eigenvalue weighted by atomic mass is 9.99. The van der Waals surface area contributed by atoms with E-state index in [4.69, 9.17) is 4.42 Å². The number of rotatable bonds is 7. The molecule has 0 saturated heterocycles. The van der Waals surface area contributed by atoms with Gasteiger partial charge in [0.15, 0.2) is 0 Å². The first-order valence-corrected chi connectivity index (χ1v) is 6.84. The molecular formula is C15H20O6. The van der Waals surface area contributed by atoms with Crippen molar-refractivity contribution in [3.63, 3.8) is 0 Å². The summed E-state index contributed by atoms with van der Waals surface area (Å²) in [6.45, 7) is 2.06. The Labute approximate surface area is 123 Å². The smallest absolute Gasteiger partial charge is 0.374 e. The molecule has 21 heavy (non-hydrogen) atoms. The zero-order valence-corrected chi connectivity index (χ0v) is 12.6.